The van der Waals surface area contributed by atoms with E-state index in [0.29, 0.717) is 11.5 Å². The first kappa shape index (κ1) is 14.4. The third-order valence-corrected chi connectivity index (χ3v) is 4.05. The van der Waals surface area contributed by atoms with Gasteiger partial charge in [0.05, 0.1) is 11.6 Å². The number of carbonyl (C=O) groups is 1. The highest BCUT2D eigenvalue weighted by atomic mass is 79.9. The first-order chi connectivity index (χ1) is 9.02. The van der Waals surface area contributed by atoms with Crippen LogP contribution in [0, 0.1) is 5.92 Å². The van der Waals surface area contributed by atoms with Crippen molar-refractivity contribution in [2.24, 2.45) is 5.92 Å². The molecular weight excluding hydrogens is 306 g/mol. The van der Waals surface area contributed by atoms with Crippen LogP contribution in [0.5, 0.6) is 5.75 Å². The van der Waals surface area contributed by atoms with E-state index in [-0.39, 0.29) is 11.9 Å². The Hall–Kier alpha value is -1.03. The zero-order valence-corrected chi connectivity index (χ0v) is 13.2. The van der Waals surface area contributed by atoms with Gasteiger partial charge in [-0.15, -0.1) is 0 Å². The van der Waals surface area contributed by atoms with E-state index < -0.39 is 0 Å². The van der Waals surface area contributed by atoms with Crippen LogP contribution in [0.3, 0.4) is 0 Å². The molecule has 0 spiro atoms. The van der Waals surface area contributed by atoms with Gasteiger partial charge in [0.1, 0.15) is 5.75 Å². The van der Waals surface area contributed by atoms with Gasteiger partial charge in [0, 0.05) is 18.2 Å². The molecule has 0 aliphatic heterocycles. The lowest BCUT2D eigenvalue weighted by Gasteiger charge is -2.27. The number of ether oxygens (including phenoxy) is 1. The van der Waals surface area contributed by atoms with Crippen molar-refractivity contribution in [3.63, 3.8) is 0 Å². The molecule has 0 atom stereocenters. The molecule has 3 nitrogen and oxygen atoms in total. The Morgan fingerprint density at radius 1 is 1.47 bits per heavy atom. The molecule has 1 aromatic rings. The molecule has 1 saturated carbocycles. The van der Waals surface area contributed by atoms with Crippen LogP contribution in [0.25, 0.3) is 0 Å². The Balaban J connectivity index is 2.18. The van der Waals surface area contributed by atoms with E-state index in [9.17, 15) is 4.79 Å². The second-order valence-corrected chi connectivity index (χ2v) is 6.20. The average molecular weight is 326 g/mol. The normalized spacial score (nSPS) is 14.6. The molecule has 0 bridgehead atoms. The van der Waals surface area contributed by atoms with Gasteiger partial charge >= 0.3 is 0 Å². The van der Waals surface area contributed by atoms with E-state index in [1.807, 2.05) is 23.1 Å². The van der Waals surface area contributed by atoms with Gasteiger partial charge < -0.3 is 9.64 Å². The van der Waals surface area contributed by atoms with Crippen LogP contribution in [-0.2, 0) is 0 Å². The van der Waals surface area contributed by atoms with Crippen molar-refractivity contribution >= 4 is 21.8 Å². The molecule has 0 radical (unpaired) electrons. The molecule has 0 unspecified atom stereocenters. The summed E-state index contributed by atoms with van der Waals surface area (Å²) in [7, 11) is 1.62. The number of rotatable bonds is 5. The molecule has 1 aliphatic carbocycles. The van der Waals surface area contributed by atoms with Crippen LogP contribution in [0.2, 0.25) is 0 Å². The van der Waals surface area contributed by atoms with Gasteiger partial charge in [0.25, 0.3) is 5.91 Å². The number of hydrogen-bond acceptors (Lipinski definition) is 2. The summed E-state index contributed by atoms with van der Waals surface area (Å²) >= 11 is 3.43. The highest BCUT2D eigenvalue weighted by Crippen LogP contribution is 2.31. The lowest BCUT2D eigenvalue weighted by Crippen LogP contribution is -2.38. The lowest BCUT2D eigenvalue weighted by molar-refractivity contribution is 0.0696. The number of methoxy groups -OCH3 is 1. The molecule has 104 valence electrons. The number of benzene rings is 1. The smallest absolute Gasteiger partial charge is 0.254 e. The molecule has 1 aromatic carbocycles. The van der Waals surface area contributed by atoms with Gasteiger partial charge in [-0.05, 0) is 66.7 Å². The molecule has 4 heteroatoms. The number of amides is 1. The summed E-state index contributed by atoms with van der Waals surface area (Å²) in [6.45, 7) is 5.01. The van der Waals surface area contributed by atoms with Gasteiger partial charge in [-0.3, -0.25) is 4.79 Å². The fourth-order valence-corrected chi connectivity index (χ4v) is 2.61. The molecular formula is C15H20BrNO2. The zero-order chi connectivity index (χ0) is 14.0. The number of nitrogens with zero attached hydrogens (tertiary/aromatic N) is 1. The zero-order valence-electron chi connectivity index (χ0n) is 11.6. The third kappa shape index (κ3) is 3.50. The second-order valence-electron chi connectivity index (χ2n) is 5.34. The summed E-state index contributed by atoms with van der Waals surface area (Å²) < 4.78 is 6.01. The van der Waals surface area contributed by atoms with E-state index in [1.54, 1.807) is 7.11 Å². The molecule has 0 N–H and O–H groups in total. The van der Waals surface area contributed by atoms with E-state index >= 15 is 0 Å². The molecule has 0 heterocycles. The topological polar surface area (TPSA) is 29.5 Å². The molecule has 1 aliphatic rings. The first-order valence-corrected chi connectivity index (χ1v) is 7.46. The largest absolute Gasteiger partial charge is 0.496 e. The summed E-state index contributed by atoms with van der Waals surface area (Å²) in [6, 6.07) is 5.72. The standard InChI is InChI=1S/C15H20BrNO2/c1-10(2)17(9-11-4-5-11)15(18)12-6-7-14(19-3)13(16)8-12/h6-8,10-11H,4-5,9H2,1-3H3. The van der Waals surface area contributed by atoms with Crippen LogP contribution in [0.4, 0.5) is 0 Å². The Kier molecular flexibility index (Phi) is 4.50. The number of hydrogen-bond donors (Lipinski definition) is 0. The van der Waals surface area contributed by atoms with Crippen LogP contribution >= 0.6 is 15.9 Å². The summed E-state index contributed by atoms with van der Waals surface area (Å²) in [4.78, 5) is 14.5. The summed E-state index contributed by atoms with van der Waals surface area (Å²) in [5.74, 6) is 1.55. The van der Waals surface area contributed by atoms with Crippen molar-refractivity contribution in [2.45, 2.75) is 32.7 Å². The van der Waals surface area contributed by atoms with E-state index in [0.717, 1.165) is 16.8 Å². The molecule has 2 rings (SSSR count). The molecule has 1 amide bonds. The number of carbonyl (C=O) groups excluding carboxylic acids is 1. The highest BCUT2D eigenvalue weighted by molar-refractivity contribution is 9.10. The summed E-state index contributed by atoms with van der Waals surface area (Å²) in [6.07, 6.45) is 2.51. The van der Waals surface area contributed by atoms with Crippen LogP contribution in [0.1, 0.15) is 37.0 Å². The summed E-state index contributed by atoms with van der Waals surface area (Å²) in [5, 5.41) is 0. The quantitative estimate of drug-likeness (QED) is 0.825. The van der Waals surface area contributed by atoms with Gasteiger partial charge in [0.15, 0.2) is 0 Å². The maximum absolute atomic E-state index is 12.6. The molecule has 0 aromatic heterocycles. The fraction of sp³-hybridized carbons (Fsp3) is 0.533. The maximum atomic E-state index is 12.6. The second kappa shape index (κ2) is 5.95. The van der Waals surface area contributed by atoms with E-state index in [4.69, 9.17) is 4.74 Å². The van der Waals surface area contributed by atoms with E-state index in [2.05, 4.69) is 29.8 Å². The summed E-state index contributed by atoms with van der Waals surface area (Å²) in [5.41, 5.74) is 0.710. The van der Waals surface area contributed by atoms with Crippen molar-refractivity contribution in [2.75, 3.05) is 13.7 Å². The minimum absolute atomic E-state index is 0.102. The number of halogens is 1. The minimum Gasteiger partial charge on any atom is -0.496 e. The Morgan fingerprint density at radius 2 is 2.16 bits per heavy atom. The van der Waals surface area contributed by atoms with Crippen molar-refractivity contribution in [3.8, 4) is 5.75 Å². The predicted molar refractivity (Wildman–Crippen MR) is 79.6 cm³/mol. The monoisotopic (exact) mass is 325 g/mol. The van der Waals surface area contributed by atoms with Crippen LogP contribution < -0.4 is 4.74 Å². The van der Waals surface area contributed by atoms with Crippen molar-refractivity contribution in [1.29, 1.82) is 0 Å². The van der Waals surface area contributed by atoms with Crippen LogP contribution in [0.15, 0.2) is 22.7 Å². The lowest BCUT2D eigenvalue weighted by atomic mass is 10.1. The Bertz CT molecular complexity index is 469. The Morgan fingerprint density at radius 3 is 2.63 bits per heavy atom. The minimum atomic E-state index is 0.102. The predicted octanol–water partition coefficient (Wildman–Crippen LogP) is 3.72. The van der Waals surface area contributed by atoms with Crippen LogP contribution in [-0.4, -0.2) is 30.5 Å². The Labute approximate surface area is 123 Å². The van der Waals surface area contributed by atoms with Crippen molar-refractivity contribution < 1.29 is 9.53 Å². The van der Waals surface area contributed by atoms with Gasteiger partial charge in [0.2, 0.25) is 0 Å². The fourth-order valence-electron chi connectivity index (χ4n) is 2.07. The van der Waals surface area contributed by atoms with Gasteiger partial charge in [-0.2, -0.15) is 0 Å². The highest BCUT2D eigenvalue weighted by Gasteiger charge is 2.28. The third-order valence-electron chi connectivity index (χ3n) is 3.43. The van der Waals surface area contributed by atoms with Gasteiger partial charge in [-0.25, -0.2) is 0 Å². The maximum Gasteiger partial charge on any atom is 0.254 e. The van der Waals surface area contributed by atoms with Crippen molar-refractivity contribution in [1.82, 2.24) is 4.90 Å². The average Bonchev–Trinajstić information content (AvgIpc) is 3.18. The SMILES string of the molecule is COc1ccc(C(=O)N(CC2CC2)C(C)C)cc1Br. The molecule has 19 heavy (non-hydrogen) atoms. The van der Waals surface area contributed by atoms with Crippen molar-refractivity contribution in [3.05, 3.63) is 28.2 Å². The van der Waals surface area contributed by atoms with E-state index in [1.165, 1.54) is 12.8 Å². The molecule has 1 fully saturated rings. The first-order valence-electron chi connectivity index (χ1n) is 6.67. The van der Waals surface area contributed by atoms with Gasteiger partial charge in [-0.1, -0.05) is 0 Å². The molecule has 0 saturated heterocycles.